The summed E-state index contributed by atoms with van der Waals surface area (Å²) in [6.45, 7) is 0.174. The van der Waals surface area contributed by atoms with E-state index in [9.17, 15) is 12.8 Å². The SMILES string of the molecule is CS(=O)(=O)CCSCc1cccc(CN)c1F. The number of nitrogens with two attached hydrogens (primary N) is 1. The van der Waals surface area contributed by atoms with Crippen LogP contribution in [0.3, 0.4) is 0 Å². The maximum Gasteiger partial charge on any atom is 0.148 e. The van der Waals surface area contributed by atoms with Gasteiger partial charge < -0.3 is 5.73 Å². The van der Waals surface area contributed by atoms with Crippen LogP contribution in [0.15, 0.2) is 18.2 Å². The molecule has 1 aromatic rings. The van der Waals surface area contributed by atoms with Gasteiger partial charge in [0.15, 0.2) is 0 Å². The molecule has 0 atom stereocenters. The Balaban J connectivity index is 2.52. The van der Waals surface area contributed by atoms with Gasteiger partial charge in [-0.05, 0) is 5.56 Å². The lowest BCUT2D eigenvalue weighted by molar-refractivity contribution is 0.600. The van der Waals surface area contributed by atoms with Crippen LogP contribution in [-0.2, 0) is 22.1 Å². The fourth-order valence-corrected chi connectivity index (χ4v) is 3.56. The normalized spacial score (nSPS) is 11.7. The molecular formula is C11H16FNO2S2. The number of rotatable bonds is 6. The zero-order valence-corrected chi connectivity index (χ0v) is 11.3. The highest BCUT2D eigenvalue weighted by Gasteiger charge is 2.07. The summed E-state index contributed by atoms with van der Waals surface area (Å²) in [5.74, 6) is 0.790. The zero-order chi connectivity index (χ0) is 12.9. The molecular weight excluding hydrogens is 261 g/mol. The van der Waals surface area contributed by atoms with Gasteiger partial charge in [0.2, 0.25) is 0 Å². The van der Waals surface area contributed by atoms with E-state index in [1.165, 1.54) is 18.0 Å². The second kappa shape index (κ2) is 6.37. The monoisotopic (exact) mass is 277 g/mol. The molecule has 0 fully saturated rings. The van der Waals surface area contributed by atoms with E-state index in [0.29, 0.717) is 22.6 Å². The lowest BCUT2D eigenvalue weighted by Gasteiger charge is -2.06. The summed E-state index contributed by atoms with van der Waals surface area (Å²) in [6, 6.07) is 5.11. The lowest BCUT2D eigenvalue weighted by Crippen LogP contribution is -2.06. The molecule has 0 bridgehead atoms. The van der Waals surface area contributed by atoms with Crippen molar-refractivity contribution < 1.29 is 12.8 Å². The first-order valence-corrected chi connectivity index (χ1v) is 8.37. The maximum absolute atomic E-state index is 13.7. The zero-order valence-electron chi connectivity index (χ0n) is 9.65. The highest BCUT2D eigenvalue weighted by Crippen LogP contribution is 2.18. The predicted octanol–water partition coefficient (Wildman–Crippen LogP) is 1.56. The van der Waals surface area contributed by atoms with Gasteiger partial charge in [-0.1, -0.05) is 18.2 Å². The molecule has 2 N–H and O–H groups in total. The summed E-state index contributed by atoms with van der Waals surface area (Å²) in [5, 5.41) is 0. The van der Waals surface area contributed by atoms with Crippen LogP contribution in [0.4, 0.5) is 4.39 Å². The Morgan fingerprint density at radius 1 is 1.35 bits per heavy atom. The molecule has 0 radical (unpaired) electrons. The van der Waals surface area contributed by atoms with Crippen LogP contribution >= 0.6 is 11.8 Å². The van der Waals surface area contributed by atoms with E-state index in [1.807, 2.05) is 0 Å². The molecule has 96 valence electrons. The summed E-state index contributed by atoms with van der Waals surface area (Å²) in [6.07, 6.45) is 1.20. The van der Waals surface area contributed by atoms with Gasteiger partial charge in [0.05, 0.1) is 5.75 Å². The molecule has 1 aromatic carbocycles. The topological polar surface area (TPSA) is 60.2 Å². The Kier molecular flexibility index (Phi) is 5.42. The van der Waals surface area contributed by atoms with E-state index in [4.69, 9.17) is 5.73 Å². The first-order valence-electron chi connectivity index (χ1n) is 5.16. The minimum Gasteiger partial charge on any atom is -0.326 e. The second-order valence-electron chi connectivity index (χ2n) is 3.78. The molecule has 0 aliphatic carbocycles. The van der Waals surface area contributed by atoms with Crippen molar-refractivity contribution in [3.63, 3.8) is 0 Å². The first-order chi connectivity index (χ1) is 7.94. The van der Waals surface area contributed by atoms with Crippen molar-refractivity contribution in [2.75, 3.05) is 17.8 Å². The van der Waals surface area contributed by atoms with Crippen molar-refractivity contribution >= 4 is 21.6 Å². The summed E-state index contributed by atoms with van der Waals surface area (Å²) in [4.78, 5) is 0. The molecule has 0 amide bonds. The second-order valence-corrected chi connectivity index (χ2v) is 7.14. The molecule has 0 unspecified atom stereocenters. The number of hydrogen-bond acceptors (Lipinski definition) is 4. The van der Waals surface area contributed by atoms with Gasteiger partial charge in [-0.2, -0.15) is 11.8 Å². The van der Waals surface area contributed by atoms with Crippen LogP contribution in [0.25, 0.3) is 0 Å². The molecule has 0 saturated carbocycles. The molecule has 0 spiro atoms. The number of halogens is 1. The van der Waals surface area contributed by atoms with Crippen molar-refractivity contribution in [1.29, 1.82) is 0 Å². The third-order valence-electron chi connectivity index (χ3n) is 2.23. The van der Waals surface area contributed by atoms with Gasteiger partial charge in [-0.15, -0.1) is 0 Å². The van der Waals surface area contributed by atoms with Crippen molar-refractivity contribution in [3.8, 4) is 0 Å². The fraction of sp³-hybridized carbons (Fsp3) is 0.455. The summed E-state index contributed by atoms with van der Waals surface area (Å²) in [7, 11) is -2.94. The summed E-state index contributed by atoms with van der Waals surface area (Å²) >= 11 is 1.41. The number of thioether (sulfide) groups is 1. The average Bonchev–Trinajstić information content (AvgIpc) is 2.25. The third-order valence-corrected chi connectivity index (χ3v) is 4.45. The van der Waals surface area contributed by atoms with Gasteiger partial charge in [0.1, 0.15) is 15.7 Å². The van der Waals surface area contributed by atoms with Crippen molar-refractivity contribution in [2.45, 2.75) is 12.3 Å². The predicted molar refractivity (Wildman–Crippen MR) is 70.2 cm³/mol. The molecule has 6 heteroatoms. The minimum atomic E-state index is -2.94. The maximum atomic E-state index is 13.7. The number of benzene rings is 1. The third kappa shape index (κ3) is 5.06. The van der Waals surface area contributed by atoms with Crippen molar-refractivity contribution in [2.24, 2.45) is 5.73 Å². The van der Waals surface area contributed by atoms with Gasteiger partial charge in [0, 0.05) is 29.9 Å². The average molecular weight is 277 g/mol. The minimum absolute atomic E-state index is 0.121. The van der Waals surface area contributed by atoms with Gasteiger partial charge in [-0.3, -0.25) is 0 Å². The first kappa shape index (κ1) is 14.5. The van der Waals surface area contributed by atoms with Crippen LogP contribution in [0.1, 0.15) is 11.1 Å². The van der Waals surface area contributed by atoms with Gasteiger partial charge in [-0.25, -0.2) is 12.8 Å². The van der Waals surface area contributed by atoms with Crippen LogP contribution in [0, 0.1) is 5.82 Å². The molecule has 0 heterocycles. The highest BCUT2D eigenvalue weighted by atomic mass is 32.2. The Morgan fingerprint density at radius 3 is 2.59 bits per heavy atom. The van der Waals surface area contributed by atoms with E-state index in [1.54, 1.807) is 18.2 Å². The molecule has 1 rings (SSSR count). The Bertz CT molecular complexity index is 474. The van der Waals surface area contributed by atoms with Crippen molar-refractivity contribution in [3.05, 3.63) is 35.1 Å². The molecule has 0 aliphatic rings. The smallest absolute Gasteiger partial charge is 0.148 e. The summed E-state index contributed by atoms with van der Waals surface area (Å²) in [5.41, 5.74) is 6.47. The largest absolute Gasteiger partial charge is 0.326 e. The Hall–Kier alpha value is -0.590. The van der Waals surface area contributed by atoms with E-state index in [-0.39, 0.29) is 18.1 Å². The standard InChI is InChI=1S/C11H16FNO2S2/c1-17(14,15)6-5-16-8-10-4-2-3-9(7-13)11(10)12/h2-4H,5-8,13H2,1H3. The molecule has 17 heavy (non-hydrogen) atoms. The van der Waals surface area contributed by atoms with Crippen molar-refractivity contribution in [1.82, 2.24) is 0 Å². The Labute approximate surface area is 106 Å². The quantitative estimate of drug-likeness (QED) is 0.802. The lowest BCUT2D eigenvalue weighted by atomic mass is 10.1. The molecule has 3 nitrogen and oxygen atoms in total. The van der Waals surface area contributed by atoms with Crippen LogP contribution < -0.4 is 5.73 Å². The van der Waals surface area contributed by atoms with E-state index >= 15 is 0 Å². The summed E-state index contributed by atoms with van der Waals surface area (Å²) < 4.78 is 35.5. The Morgan fingerprint density at radius 2 is 2.00 bits per heavy atom. The molecule has 0 saturated heterocycles. The fourth-order valence-electron chi connectivity index (χ4n) is 1.29. The van der Waals surface area contributed by atoms with Crippen LogP contribution in [0.2, 0.25) is 0 Å². The van der Waals surface area contributed by atoms with Crippen LogP contribution in [-0.4, -0.2) is 26.2 Å². The van der Waals surface area contributed by atoms with E-state index in [2.05, 4.69) is 0 Å². The van der Waals surface area contributed by atoms with Gasteiger partial charge >= 0.3 is 0 Å². The highest BCUT2D eigenvalue weighted by molar-refractivity contribution is 7.99. The van der Waals surface area contributed by atoms with Gasteiger partial charge in [0.25, 0.3) is 0 Å². The van der Waals surface area contributed by atoms with E-state index < -0.39 is 9.84 Å². The molecule has 0 aromatic heterocycles. The number of hydrogen-bond donors (Lipinski definition) is 1. The molecule has 0 aliphatic heterocycles. The number of sulfone groups is 1. The van der Waals surface area contributed by atoms with Crippen LogP contribution in [0.5, 0.6) is 0 Å². The van der Waals surface area contributed by atoms with E-state index in [0.717, 1.165) is 0 Å².